The van der Waals surface area contributed by atoms with Gasteiger partial charge in [0.25, 0.3) is 17.7 Å². The normalized spacial score (nSPS) is 14.0. The van der Waals surface area contributed by atoms with Crippen molar-refractivity contribution in [2.45, 2.75) is 26.3 Å². The topological polar surface area (TPSA) is 119 Å². The van der Waals surface area contributed by atoms with Gasteiger partial charge in [0.1, 0.15) is 17.1 Å². The highest BCUT2D eigenvalue weighted by Crippen LogP contribution is 2.27. The quantitative estimate of drug-likeness (QED) is 0.432. The fourth-order valence-electron chi connectivity index (χ4n) is 3.57. The maximum atomic E-state index is 12.9. The lowest BCUT2D eigenvalue weighted by Crippen LogP contribution is -2.46. The molecule has 1 atom stereocenters. The van der Waals surface area contributed by atoms with Crippen molar-refractivity contribution in [1.82, 2.24) is 13.6 Å². The maximum Gasteiger partial charge on any atom is 0.329 e. The van der Waals surface area contributed by atoms with Crippen molar-refractivity contribution in [3.8, 4) is 0 Å². The predicted octanol–water partition coefficient (Wildman–Crippen LogP) is 2.88. The summed E-state index contributed by atoms with van der Waals surface area (Å²) in [7, 11) is 0. The highest BCUT2D eigenvalue weighted by atomic mass is 32.1. The Kier molecular flexibility index (Phi) is 5.95. The summed E-state index contributed by atoms with van der Waals surface area (Å²) in [6.45, 7) is 3.17. The van der Waals surface area contributed by atoms with E-state index in [1.54, 1.807) is 42.5 Å². The van der Waals surface area contributed by atoms with Crippen molar-refractivity contribution in [2.24, 2.45) is 5.92 Å². The Morgan fingerprint density at radius 2 is 1.72 bits per heavy atom. The number of aromatic nitrogens is 2. The smallest absolute Gasteiger partial charge is 0.329 e. The molecule has 10 heteroatoms. The molecular formula is C22H20N4O5S. The largest absolute Gasteiger partial charge is 0.454 e. The Morgan fingerprint density at radius 1 is 1.03 bits per heavy atom. The molecule has 1 N–H and O–H groups in total. The molecule has 1 unspecified atom stereocenters. The number of benzene rings is 2. The lowest BCUT2D eigenvalue weighted by atomic mass is 10.0. The standard InChI is InChI=1S/C22H20N4O5S/c1-12(2)10-17(26-20(28)13-6-3-4-7-14(13)21(26)29)22(30)31-11-18(27)23-15-8-5-9-16-19(15)25-32-24-16/h3-9,12,17H,10-11H2,1-2H3,(H,23,27). The summed E-state index contributed by atoms with van der Waals surface area (Å²) < 4.78 is 13.5. The third-order valence-corrected chi connectivity index (χ3v) is 5.55. The summed E-state index contributed by atoms with van der Waals surface area (Å²) in [6.07, 6.45) is 0.218. The van der Waals surface area contributed by atoms with Crippen molar-refractivity contribution in [2.75, 3.05) is 11.9 Å². The molecular weight excluding hydrogens is 432 g/mol. The van der Waals surface area contributed by atoms with Crippen LogP contribution in [0.2, 0.25) is 0 Å². The number of imide groups is 1. The van der Waals surface area contributed by atoms with Crippen LogP contribution in [-0.4, -0.2) is 50.0 Å². The highest BCUT2D eigenvalue weighted by Gasteiger charge is 2.43. The van der Waals surface area contributed by atoms with Gasteiger partial charge in [0.2, 0.25) is 0 Å². The van der Waals surface area contributed by atoms with Gasteiger partial charge in [-0.25, -0.2) is 4.79 Å². The second-order valence-corrected chi connectivity index (χ2v) is 8.29. The second kappa shape index (κ2) is 8.83. The van der Waals surface area contributed by atoms with Gasteiger partial charge in [0.15, 0.2) is 6.61 Å². The Hall–Kier alpha value is -3.66. The number of hydrogen-bond donors (Lipinski definition) is 1. The zero-order chi connectivity index (χ0) is 22.8. The fraction of sp³-hybridized carbons (Fsp3) is 0.273. The number of esters is 1. The van der Waals surface area contributed by atoms with Gasteiger partial charge in [-0.15, -0.1) is 0 Å². The van der Waals surface area contributed by atoms with Crippen LogP contribution in [0.3, 0.4) is 0 Å². The lowest BCUT2D eigenvalue weighted by molar-refractivity contribution is -0.151. The molecule has 0 saturated carbocycles. The summed E-state index contributed by atoms with van der Waals surface area (Å²) in [4.78, 5) is 51.8. The van der Waals surface area contributed by atoms with Gasteiger partial charge in [-0.2, -0.15) is 8.75 Å². The molecule has 0 spiro atoms. The Balaban J connectivity index is 1.46. The molecule has 32 heavy (non-hydrogen) atoms. The molecule has 2 heterocycles. The molecule has 3 amide bonds. The van der Waals surface area contributed by atoms with E-state index in [-0.39, 0.29) is 23.5 Å². The van der Waals surface area contributed by atoms with E-state index in [9.17, 15) is 19.2 Å². The second-order valence-electron chi connectivity index (χ2n) is 7.76. The van der Waals surface area contributed by atoms with E-state index < -0.39 is 36.3 Å². The molecule has 4 rings (SSSR count). The van der Waals surface area contributed by atoms with Gasteiger partial charge in [0.05, 0.1) is 28.5 Å². The van der Waals surface area contributed by atoms with Gasteiger partial charge in [-0.1, -0.05) is 32.0 Å². The number of nitrogens with one attached hydrogen (secondary N) is 1. The number of carbonyl (C=O) groups is 4. The Bertz CT molecular complexity index is 1190. The zero-order valence-corrected chi connectivity index (χ0v) is 18.2. The predicted molar refractivity (Wildman–Crippen MR) is 117 cm³/mol. The first-order chi connectivity index (χ1) is 15.4. The molecule has 0 saturated heterocycles. The summed E-state index contributed by atoms with van der Waals surface area (Å²) in [5.74, 6) is -2.46. The van der Waals surface area contributed by atoms with Gasteiger partial charge < -0.3 is 10.1 Å². The lowest BCUT2D eigenvalue weighted by Gasteiger charge is -2.25. The molecule has 0 fully saturated rings. The van der Waals surface area contributed by atoms with E-state index >= 15 is 0 Å². The summed E-state index contributed by atoms with van der Waals surface area (Å²) in [6, 6.07) is 10.5. The average molecular weight is 452 g/mol. The van der Waals surface area contributed by atoms with E-state index in [1.165, 1.54) is 0 Å². The third kappa shape index (κ3) is 4.09. The number of ether oxygens (including phenoxy) is 1. The average Bonchev–Trinajstić information content (AvgIpc) is 3.35. The number of anilines is 1. The van der Waals surface area contributed by atoms with E-state index in [0.717, 1.165) is 16.6 Å². The van der Waals surface area contributed by atoms with Gasteiger partial charge in [-0.3, -0.25) is 19.3 Å². The van der Waals surface area contributed by atoms with Gasteiger partial charge in [0, 0.05) is 0 Å². The van der Waals surface area contributed by atoms with Crippen LogP contribution in [0.25, 0.3) is 11.0 Å². The molecule has 164 valence electrons. The monoisotopic (exact) mass is 452 g/mol. The van der Waals surface area contributed by atoms with Crippen molar-refractivity contribution >= 4 is 52.1 Å². The molecule has 0 bridgehead atoms. The van der Waals surface area contributed by atoms with Crippen LogP contribution >= 0.6 is 11.7 Å². The van der Waals surface area contributed by atoms with E-state index in [2.05, 4.69) is 14.1 Å². The molecule has 1 aliphatic heterocycles. The maximum absolute atomic E-state index is 12.9. The van der Waals surface area contributed by atoms with Gasteiger partial charge >= 0.3 is 5.97 Å². The first-order valence-electron chi connectivity index (χ1n) is 10.0. The van der Waals surface area contributed by atoms with Crippen molar-refractivity contribution < 1.29 is 23.9 Å². The molecule has 0 radical (unpaired) electrons. The Labute approximate surface area is 187 Å². The van der Waals surface area contributed by atoms with Crippen molar-refractivity contribution in [1.29, 1.82) is 0 Å². The summed E-state index contributed by atoms with van der Waals surface area (Å²) in [5, 5.41) is 2.65. The van der Waals surface area contributed by atoms with Crippen LogP contribution in [0.15, 0.2) is 42.5 Å². The minimum Gasteiger partial charge on any atom is -0.454 e. The number of fused-ring (bicyclic) bond motifs is 2. The Morgan fingerprint density at radius 3 is 2.38 bits per heavy atom. The minimum atomic E-state index is -1.12. The van der Waals surface area contributed by atoms with Crippen LogP contribution in [0.4, 0.5) is 5.69 Å². The van der Waals surface area contributed by atoms with Crippen LogP contribution < -0.4 is 5.32 Å². The number of amides is 3. The summed E-state index contributed by atoms with van der Waals surface area (Å²) in [5.41, 5.74) is 2.15. The van der Waals surface area contributed by atoms with Crippen LogP contribution in [0, 0.1) is 5.92 Å². The molecule has 0 aliphatic carbocycles. The van der Waals surface area contributed by atoms with E-state index in [0.29, 0.717) is 16.7 Å². The van der Waals surface area contributed by atoms with Crippen LogP contribution in [0.5, 0.6) is 0 Å². The van der Waals surface area contributed by atoms with E-state index in [1.807, 2.05) is 13.8 Å². The third-order valence-electron chi connectivity index (χ3n) is 5.01. The van der Waals surface area contributed by atoms with E-state index in [4.69, 9.17) is 4.74 Å². The summed E-state index contributed by atoms with van der Waals surface area (Å²) >= 11 is 1.03. The first-order valence-corrected chi connectivity index (χ1v) is 10.7. The SMILES string of the molecule is CC(C)CC(C(=O)OCC(=O)Nc1cccc2nsnc12)N1C(=O)c2ccccc2C1=O. The first kappa shape index (κ1) is 21.6. The molecule has 1 aliphatic rings. The number of nitrogens with zero attached hydrogens (tertiary/aromatic N) is 3. The number of hydrogen-bond acceptors (Lipinski definition) is 8. The molecule has 2 aromatic carbocycles. The van der Waals surface area contributed by atoms with Crippen LogP contribution in [0.1, 0.15) is 41.0 Å². The van der Waals surface area contributed by atoms with Gasteiger partial charge in [-0.05, 0) is 36.6 Å². The molecule has 1 aromatic heterocycles. The molecule has 3 aromatic rings. The van der Waals surface area contributed by atoms with Crippen molar-refractivity contribution in [3.05, 3.63) is 53.6 Å². The van der Waals surface area contributed by atoms with Crippen LogP contribution in [-0.2, 0) is 14.3 Å². The fourth-order valence-corrected chi connectivity index (χ4v) is 4.12. The molecule has 9 nitrogen and oxygen atoms in total. The zero-order valence-electron chi connectivity index (χ0n) is 17.4. The number of rotatable bonds is 7. The highest BCUT2D eigenvalue weighted by molar-refractivity contribution is 7.00. The number of carbonyl (C=O) groups excluding carboxylic acids is 4. The minimum absolute atomic E-state index is 0.000423. The van der Waals surface area contributed by atoms with Crippen molar-refractivity contribution in [3.63, 3.8) is 0 Å².